The predicted octanol–water partition coefficient (Wildman–Crippen LogP) is 3.43. The number of hydrogen-bond donors (Lipinski definition) is 3. The molecule has 0 aliphatic rings. The van der Waals surface area contributed by atoms with Gasteiger partial charge in [-0.05, 0) is 44.9 Å². The van der Waals surface area contributed by atoms with Gasteiger partial charge in [0.15, 0.2) is 0 Å². The predicted molar refractivity (Wildman–Crippen MR) is 79.9 cm³/mol. The minimum absolute atomic E-state index is 0.0879. The highest BCUT2D eigenvalue weighted by Gasteiger charge is 2.32. The minimum atomic E-state index is -4.55. The molecule has 0 aromatic heterocycles. The number of carbonyl (C=O) groups is 1. The Hall–Kier alpha value is -1.80. The van der Waals surface area contributed by atoms with Crippen molar-refractivity contribution in [3.8, 4) is 0 Å². The van der Waals surface area contributed by atoms with E-state index in [2.05, 4.69) is 5.32 Å². The SMILES string of the molecule is CC(C)(C)OC(=O)Nc1cc(C(F)(F)F)ccc1C(N)CCO. The van der Waals surface area contributed by atoms with E-state index in [1.165, 1.54) is 6.07 Å². The molecule has 1 amide bonds. The van der Waals surface area contributed by atoms with E-state index in [1.807, 2.05) is 0 Å². The Kier molecular flexibility index (Phi) is 6.01. The molecule has 130 valence electrons. The van der Waals surface area contributed by atoms with Crippen LogP contribution in [0, 0.1) is 0 Å². The van der Waals surface area contributed by atoms with Crippen LogP contribution < -0.4 is 11.1 Å². The summed E-state index contributed by atoms with van der Waals surface area (Å²) < 4.78 is 43.6. The molecule has 0 saturated heterocycles. The molecule has 5 nitrogen and oxygen atoms in total. The number of rotatable bonds is 4. The van der Waals surface area contributed by atoms with Crippen molar-refractivity contribution in [1.82, 2.24) is 0 Å². The molecule has 0 aliphatic carbocycles. The number of amides is 1. The summed E-state index contributed by atoms with van der Waals surface area (Å²) in [6.45, 7) is 4.68. The third-order valence-corrected chi connectivity index (χ3v) is 2.86. The molecule has 23 heavy (non-hydrogen) atoms. The number of anilines is 1. The van der Waals surface area contributed by atoms with Crippen LogP contribution in [0.2, 0.25) is 0 Å². The Morgan fingerprint density at radius 2 is 1.96 bits per heavy atom. The monoisotopic (exact) mass is 334 g/mol. The Morgan fingerprint density at radius 3 is 2.43 bits per heavy atom. The summed E-state index contributed by atoms with van der Waals surface area (Å²) in [6.07, 6.45) is -5.28. The van der Waals surface area contributed by atoms with E-state index < -0.39 is 29.5 Å². The second kappa shape index (κ2) is 7.18. The first-order valence-electron chi connectivity index (χ1n) is 7.01. The zero-order valence-electron chi connectivity index (χ0n) is 13.2. The van der Waals surface area contributed by atoms with Crippen molar-refractivity contribution >= 4 is 11.8 Å². The van der Waals surface area contributed by atoms with E-state index >= 15 is 0 Å². The highest BCUT2D eigenvalue weighted by atomic mass is 19.4. The van der Waals surface area contributed by atoms with Crippen LogP contribution in [0.4, 0.5) is 23.7 Å². The summed E-state index contributed by atoms with van der Waals surface area (Å²) >= 11 is 0. The van der Waals surface area contributed by atoms with Gasteiger partial charge in [0.05, 0.1) is 5.56 Å². The standard InChI is InChI=1S/C15H21F3N2O3/c1-14(2,3)23-13(22)20-12-8-9(15(16,17)18)4-5-10(12)11(19)6-7-21/h4-5,8,11,21H,6-7,19H2,1-3H3,(H,20,22). The number of ether oxygens (including phenoxy) is 1. The lowest BCUT2D eigenvalue weighted by Gasteiger charge is -2.22. The molecule has 0 radical (unpaired) electrons. The quantitative estimate of drug-likeness (QED) is 0.787. The zero-order chi connectivity index (χ0) is 17.8. The number of aliphatic hydroxyl groups excluding tert-OH is 1. The lowest BCUT2D eigenvalue weighted by atomic mass is 10.0. The smallest absolute Gasteiger partial charge is 0.416 e. The van der Waals surface area contributed by atoms with E-state index in [-0.39, 0.29) is 24.3 Å². The molecule has 8 heteroatoms. The first-order chi connectivity index (χ1) is 10.4. The van der Waals surface area contributed by atoms with Gasteiger partial charge in [-0.3, -0.25) is 5.32 Å². The summed E-state index contributed by atoms with van der Waals surface area (Å²) in [5.74, 6) is 0. The fourth-order valence-electron chi connectivity index (χ4n) is 1.87. The summed E-state index contributed by atoms with van der Waals surface area (Å²) in [4.78, 5) is 11.8. The number of nitrogens with one attached hydrogen (secondary N) is 1. The summed E-state index contributed by atoms with van der Waals surface area (Å²) in [5.41, 5.74) is 4.33. The Morgan fingerprint density at radius 1 is 1.35 bits per heavy atom. The van der Waals surface area contributed by atoms with Crippen molar-refractivity contribution in [3.63, 3.8) is 0 Å². The molecular weight excluding hydrogens is 313 g/mol. The lowest BCUT2D eigenvalue weighted by molar-refractivity contribution is -0.137. The van der Waals surface area contributed by atoms with Crippen molar-refractivity contribution < 1.29 is 27.8 Å². The van der Waals surface area contributed by atoms with Gasteiger partial charge < -0.3 is 15.6 Å². The van der Waals surface area contributed by atoms with E-state index in [9.17, 15) is 18.0 Å². The van der Waals surface area contributed by atoms with Crippen LogP contribution in [0.5, 0.6) is 0 Å². The largest absolute Gasteiger partial charge is 0.444 e. The lowest BCUT2D eigenvalue weighted by Crippen LogP contribution is -2.28. The number of hydrogen-bond acceptors (Lipinski definition) is 4. The molecule has 1 rings (SSSR count). The van der Waals surface area contributed by atoms with Gasteiger partial charge in [0.1, 0.15) is 5.60 Å². The van der Waals surface area contributed by atoms with Crippen LogP contribution >= 0.6 is 0 Å². The van der Waals surface area contributed by atoms with Crippen LogP contribution in [-0.2, 0) is 10.9 Å². The van der Waals surface area contributed by atoms with E-state index in [4.69, 9.17) is 15.6 Å². The van der Waals surface area contributed by atoms with Crippen molar-refractivity contribution in [1.29, 1.82) is 0 Å². The molecular formula is C15H21F3N2O3. The Balaban J connectivity index is 3.15. The second-order valence-corrected chi connectivity index (χ2v) is 6.05. The summed E-state index contributed by atoms with van der Waals surface area (Å²) in [7, 11) is 0. The van der Waals surface area contributed by atoms with Crippen molar-refractivity contribution in [2.24, 2.45) is 5.73 Å². The van der Waals surface area contributed by atoms with Gasteiger partial charge in [-0.15, -0.1) is 0 Å². The molecule has 1 aromatic rings. The average molecular weight is 334 g/mol. The molecule has 0 saturated carbocycles. The molecule has 4 N–H and O–H groups in total. The van der Waals surface area contributed by atoms with Gasteiger partial charge in [-0.2, -0.15) is 13.2 Å². The Labute approximate surface area is 132 Å². The number of nitrogens with two attached hydrogens (primary N) is 1. The summed E-state index contributed by atoms with van der Waals surface area (Å²) in [6, 6.07) is 2.16. The highest BCUT2D eigenvalue weighted by molar-refractivity contribution is 5.86. The van der Waals surface area contributed by atoms with Gasteiger partial charge >= 0.3 is 12.3 Å². The van der Waals surface area contributed by atoms with Crippen LogP contribution in [0.15, 0.2) is 18.2 Å². The fourth-order valence-corrected chi connectivity index (χ4v) is 1.87. The fraction of sp³-hybridized carbons (Fsp3) is 0.533. The maximum absolute atomic E-state index is 12.8. The molecule has 1 atom stereocenters. The molecule has 0 spiro atoms. The maximum atomic E-state index is 12.8. The van der Waals surface area contributed by atoms with Gasteiger partial charge in [0.25, 0.3) is 0 Å². The third-order valence-electron chi connectivity index (χ3n) is 2.86. The zero-order valence-corrected chi connectivity index (χ0v) is 13.2. The molecule has 0 heterocycles. The number of alkyl halides is 3. The number of carbonyl (C=O) groups excluding carboxylic acids is 1. The van der Waals surface area contributed by atoms with Crippen molar-refractivity contribution in [3.05, 3.63) is 29.3 Å². The Bertz CT molecular complexity index is 554. The van der Waals surface area contributed by atoms with Crippen molar-refractivity contribution in [2.45, 2.75) is 45.0 Å². The highest BCUT2D eigenvalue weighted by Crippen LogP contribution is 2.34. The van der Waals surface area contributed by atoms with Gasteiger partial charge in [0, 0.05) is 18.3 Å². The maximum Gasteiger partial charge on any atom is 0.416 e. The summed E-state index contributed by atoms with van der Waals surface area (Å²) in [5, 5.41) is 11.2. The van der Waals surface area contributed by atoms with Crippen LogP contribution in [0.1, 0.15) is 44.4 Å². The molecule has 0 fully saturated rings. The number of halogens is 3. The third kappa shape index (κ3) is 6.07. The van der Waals surface area contributed by atoms with Crippen LogP contribution in [0.3, 0.4) is 0 Å². The van der Waals surface area contributed by atoms with E-state index in [1.54, 1.807) is 20.8 Å². The molecule has 1 unspecified atom stereocenters. The van der Waals surface area contributed by atoms with E-state index in [0.717, 1.165) is 12.1 Å². The minimum Gasteiger partial charge on any atom is -0.444 e. The van der Waals surface area contributed by atoms with Gasteiger partial charge in [-0.25, -0.2) is 4.79 Å². The van der Waals surface area contributed by atoms with Gasteiger partial charge in [0.2, 0.25) is 0 Å². The molecule has 1 aromatic carbocycles. The topological polar surface area (TPSA) is 84.6 Å². The molecule has 0 bridgehead atoms. The second-order valence-electron chi connectivity index (χ2n) is 6.05. The first-order valence-corrected chi connectivity index (χ1v) is 7.01. The average Bonchev–Trinajstić information content (AvgIpc) is 2.35. The van der Waals surface area contributed by atoms with Crippen LogP contribution in [-0.4, -0.2) is 23.4 Å². The number of benzene rings is 1. The molecule has 0 aliphatic heterocycles. The van der Waals surface area contributed by atoms with Crippen molar-refractivity contribution in [2.75, 3.05) is 11.9 Å². The van der Waals surface area contributed by atoms with E-state index in [0.29, 0.717) is 0 Å². The van der Waals surface area contributed by atoms with Crippen LogP contribution in [0.25, 0.3) is 0 Å². The normalized spacial score (nSPS) is 13.6. The number of aliphatic hydroxyl groups is 1. The van der Waals surface area contributed by atoms with Gasteiger partial charge in [-0.1, -0.05) is 6.07 Å². The first kappa shape index (κ1) is 19.2.